The van der Waals surface area contributed by atoms with Crippen LogP contribution in [-0.4, -0.2) is 88.2 Å². The van der Waals surface area contributed by atoms with Crippen molar-refractivity contribution in [1.29, 1.82) is 0 Å². The molecule has 4 rings (SSSR count). The molecule has 0 heterocycles. The zero-order valence-corrected chi connectivity index (χ0v) is 32.5. The third-order valence-corrected chi connectivity index (χ3v) is 12.6. The topological polar surface area (TPSA) is 310 Å². The van der Waals surface area contributed by atoms with Gasteiger partial charge in [-0.15, -0.1) is 0 Å². The lowest BCUT2D eigenvalue weighted by atomic mass is 10.1. The number of anilines is 2. The second kappa shape index (κ2) is 17.9. The third-order valence-electron chi connectivity index (χ3n) is 7.60. The molecule has 0 saturated heterocycles. The van der Waals surface area contributed by atoms with Crippen molar-refractivity contribution in [2.45, 2.75) is 19.6 Å². The van der Waals surface area contributed by atoms with Crippen LogP contribution in [0.15, 0.2) is 129 Å². The molecule has 0 radical (unpaired) electrons. The second-order valence-electron chi connectivity index (χ2n) is 11.8. The highest BCUT2D eigenvalue weighted by atomic mass is 32.2. The summed E-state index contributed by atoms with van der Waals surface area (Å²) in [6.45, 7) is 0. The van der Waals surface area contributed by atoms with Crippen molar-refractivity contribution in [2.75, 3.05) is 22.1 Å². The van der Waals surface area contributed by atoms with Crippen molar-refractivity contribution < 1.29 is 72.2 Å². The summed E-state index contributed by atoms with van der Waals surface area (Å²) < 4.78 is 120. The number of aliphatic carboxylic acids is 2. The Kier molecular flexibility index (Phi) is 13.7. The van der Waals surface area contributed by atoms with E-state index >= 15 is 0 Å². The van der Waals surface area contributed by atoms with Gasteiger partial charge in [-0.2, -0.15) is 16.8 Å². The SMILES string of the molecule is O=C(O)C=CCS(=O)(=O)c1cccc(C(=O)Nc2ccc(C=Cc3ccc(NC(=O)c4cccc(S(=O)(=O)CC=CC(=O)O)c4)cc3S(=O)(=O)O)c(S(=O)(=O)O)c2)c1. The van der Waals surface area contributed by atoms with Crippen molar-refractivity contribution in [1.82, 2.24) is 0 Å². The summed E-state index contributed by atoms with van der Waals surface area (Å²) >= 11 is 0. The van der Waals surface area contributed by atoms with Crippen LogP contribution in [0.25, 0.3) is 12.2 Å². The summed E-state index contributed by atoms with van der Waals surface area (Å²) in [5.74, 6) is -5.85. The zero-order chi connectivity index (χ0) is 43.1. The first-order chi connectivity index (χ1) is 27.0. The predicted octanol–water partition coefficient (Wildman–Crippen LogP) is 3.68. The Hall–Kier alpha value is -6.30. The van der Waals surface area contributed by atoms with Gasteiger partial charge in [0.15, 0.2) is 19.7 Å². The fourth-order valence-corrected chi connectivity index (χ4v) is 8.63. The first-order valence-electron chi connectivity index (χ1n) is 15.9. The Morgan fingerprint density at radius 2 is 0.879 bits per heavy atom. The molecular weight excluding hydrogens is 845 g/mol. The first-order valence-corrected chi connectivity index (χ1v) is 22.1. The highest BCUT2D eigenvalue weighted by Crippen LogP contribution is 2.27. The van der Waals surface area contributed by atoms with E-state index in [1.165, 1.54) is 48.5 Å². The van der Waals surface area contributed by atoms with Crippen LogP contribution >= 0.6 is 0 Å². The van der Waals surface area contributed by atoms with Crippen LogP contribution in [0.4, 0.5) is 11.4 Å². The third kappa shape index (κ3) is 12.1. The highest BCUT2D eigenvalue weighted by molar-refractivity contribution is 7.92. The number of hydrogen-bond donors (Lipinski definition) is 6. The van der Waals surface area contributed by atoms with E-state index in [9.17, 15) is 62.0 Å². The molecule has 58 heavy (non-hydrogen) atoms. The molecule has 4 aromatic rings. The van der Waals surface area contributed by atoms with Gasteiger partial charge in [-0.3, -0.25) is 18.7 Å². The molecule has 0 atom stereocenters. The largest absolute Gasteiger partial charge is 0.478 e. The standard InChI is InChI=1S/C36H30N2O16S4/c39-33(40)9-3-17-55(45,46)29-7-1-5-25(19-29)35(43)37-27-15-13-23(31(21-27)57(49,50)51)11-12-24-14-16-28(22-32(24)58(52,53)54)38-36(44)26-6-2-8-30(20-26)56(47,48)18-4-10-34(41)42/h1-16,19-22H,17-18H2,(H,37,43)(H,38,44)(H,39,40)(H,41,42)(H,49,50,51)(H,52,53,54). The fourth-order valence-electron chi connectivity index (χ4n) is 4.94. The molecule has 0 fully saturated rings. The number of sulfone groups is 2. The highest BCUT2D eigenvalue weighted by Gasteiger charge is 2.21. The summed E-state index contributed by atoms with van der Waals surface area (Å²) in [6.07, 6.45) is 5.22. The van der Waals surface area contributed by atoms with Crippen molar-refractivity contribution >= 4 is 87.2 Å². The molecule has 0 aliphatic rings. The molecule has 0 aliphatic carbocycles. The van der Waals surface area contributed by atoms with Crippen LogP contribution in [0.5, 0.6) is 0 Å². The Morgan fingerprint density at radius 3 is 1.21 bits per heavy atom. The predicted molar refractivity (Wildman–Crippen MR) is 208 cm³/mol. The van der Waals surface area contributed by atoms with E-state index in [1.54, 1.807) is 0 Å². The van der Waals surface area contributed by atoms with Crippen molar-refractivity contribution in [3.05, 3.63) is 131 Å². The second-order valence-corrected chi connectivity index (χ2v) is 18.6. The summed E-state index contributed by atoms with van der Waals surface area (Å²) in [5, 5.41) is 22.1. The van der Waals surface area contributed by atoms with E-state index in [4.69, 9.17) is 10.2 Å². The molecule has 6 N–H and O–H groups in total. The van der Waals surface area contributed by atoms with Gasteiger partial charge in [0.05, 0.1) is 21.3 Å². The van der Waals surface area contributed by atoms with Crippen LogP contribution in [0.2, 0.25) is 0 Å². The van der Waals surface area contributed by atoms with E-state index in [0.29, 0.717) is 12.2 Å². The minimum atomic E-state index is -5.02. The lowest BCUT2D eigenvalue weighted by Gasteiger charge is -2.11. The number of hydrogen-bond acceptors (Lipinski definition) is 12. The maximum absolute atomic E-state index is 13.0. The van der Waals surface area contributed by atoms with Crippen molar-refractivity contribution in [3.8, 4) is 0 Å². The molecule has 4 aromatic carbocycles. The van der Waals surface area contributed by atoms with Crippen LogP contribution in [-0.2, 0) is 49.5 Å². The molecule has 18 nitrogen and oxygen atoms in total. The van der Waals surface area contributed by atoms with Gasteiger partial charge in [-0.25, -0.2) is 26.4 Å². The van der Waals surface area contributed by atoms with Crippen LogP contribution in [0.1, 0.15) is 31.8 Å². The van der Waals surface area contributed by atoms with Gasteiger partial charge >= 0.3 is 11.9 Å². The normalized spacial score (nSPS) is 12.5. The molecule has 0 aliphatic heterocycles. The number of rotatable bonds is 16. The fraction of sp³-hybridized carbons (Fsp3) is 0.0556. The van der Waals surface area contributed by atoms with Gasteiger partial charge in [-0.1, -0.05) is 48.6 Å². The number of benzene rings is 4. The molecule has 0 saturated carbocycles. The van der Waals surface area contributed by atoms with Gasteiger partial charge in [0.2, 0.25) is 0 Å². The van der Waals surface area contributed by atoms with Gasteiger partial charge in [0.1, 0.15) is 9.79 Å². The van der Waals surface area contributed by atoms with Gasteiger partial charge < -0.3 is 20.8 Å². The van der Waals surface area contributed by atoms with Crippen molar-refractivity contribution in [2.24, 2.45) is 0 Å². The van der Waals surface area contributed by atoms with E-state index in [2.05, 4.69) is 10.6 Å². The number of carbonyl (C=O) groups excluding carboxylic acids is 2. The molecule has 2 amide bonds. The molecule has 304 valence electrons. The summed E-state index contributed by atoms with van der Waals surface area (Å²) in [5.41, 5.74) is -1.16. The molecule has 0 bridgehead atoms. The zero-order valence-electron chi connectivity index (χ0n) is 29.3. The monoisotopic (exact) mass is 874 g/mol. The quantitative estimate of drug-likeness (QED) is 0.0531. The van der Waals surface area contributed by atoms with Crippen LogP contribution in [0.3, 0.4) is 0 Å². The molecule has 22 heteroatoms. The molecule has 0 aromatic heterocycles. The number of amides is 2. The number of nitrogens with one attached hydrogen (secondary N) is 2. The van der Waals surface area contributed by atoms with E-state index in [-0.39, 0.29) is 43.4 Å². The van der Waals surface area contributed by atoms with E-state index < -0.39 is 85.0 Å². The average Bonchev–Trinajstić information content (AvgIpc) is 3.13. The molecule has 0 spiro atoms. The van der Waals surface area contributed by atoms with Gasteiger partial charge in [0.25, 0.3) is 32.1 Å². The minimum absolute atomic E-state index is 0.177. The van der Waals surface area contributed by atoms with Crippen LogP contribution in [0, 0.1) is 0 Å². The Labute approximate surface area is 331 Å². The van der Waals surface area contributed by atoms with Crippen LogP contribution < -0.4 is 10.6 Å². The maximum atomic E-state index is 13.0. The Bertz CT molecular complexity index is 2670. The lowest BCUT2D eigenvalue weighted by molar-refractivity contribution is -0.132. The van der Waals surface area contributed by atoms with E-state index in [0.717, 1.165) is 60.7 Å². The summed E-state index contributed by atoms with van der Waals surface area (Å²) in [7, 11) is -18.1. The summed E-state index contributed by atoms with van der Waals surface area (Å²) in [4.78, 5) is 45.2. The lowest BCUT2D eigenvalue weighted by Crippen LogP contribution is -2.14. The van der Waals surface area contributed by atoms with E-state index in [1.807, 2.05) is 0 Å². The van der Waals surface area contributed by atoms with Gasteiger partial charge in [0, 0.05) is 34.7 Å². The Balaban J connectivity index is 1.58. The minimum Gasteiger partial charge on any atom is -0.478 e. The van der Waals surface area contributed by atoms with Gasteiger partial charge in [-0.05, 0) is 71.8 Å². The molecular formula is C36H30N2O16S4. The number of carbonyl (C=O) groups is 4. The van der Waals surface area contributed by atoms with Crippen molar-refractivity contribution in [3.63, 3.8) is 0 Å². The number of carboxylic acids is 2. The first kappa shape index (κ1) is 44.4. The number of carboxylic acid groups (broad SMARTS) is 2. The summed E-state index contributed by atoms with van der Waals surface area (Å²) in [6, 6.07) is 15.8. The average molecular weight is 875 g/mol. The Morgan fingerprint density at radius 1 is 0.517 bits per heavy atom. The molecule has 0 unspecified atom stereocenters. The maximum Gasteiger partial charge on any atom is 0.328 e. The smallest absolute Gasteiger partial charge is 0.328 e.